The monoisotopic (exact) mass is 341 g/mol. The topological polar surface area (TPSA) is 28.5 Å². The minimum atomic E-state index is 0.528. The Morgan fingerprint density at radius 3 is 2.38 bits per heavy atom. The summed E-state index contributed by atoms with van der Waals surface area (Å²) in [7, 11) is 0. The van der Waals surface area contributed by atoms with Crippen LogP contribution in [0.5, 0.6) is 0 Å². The summed E-state index contributed by atoms with van der Waals surface area (Å²) in [6.45, 7) is 7.25. The first-order chi connectivity index (χ1) is 12.6. The summed E-state index contributed by atoms with van der Waals surface area (Å²) in [4.78, 5) is 11.7. The van der Waals surface area contributed by atoms with Crippen molar-refractivity contribution in [1.82, 2.24) is 4.98 Å². The second-order valence-electron chi connectivity index (χ2n) is 7.08. The van der Waals surface area contributed by atoms with Crippen molar-refractivity contribution in [3.05, 3.63) is 89.2 Å². The maximum atomic E-state index is 4.96. The number of aryl methyl sites for hydroxylation is 1. The van der Waals surface area contributed by atoms with E-state index < -0.39 is 0 Å². The van der Waals surface area contributed by atoms with Crippen LogP contribution in [0.15, 0.2) is 71.9 Å². The third-order valence-electron chi connectivity index (χ3n) is 4.84. The molecule has 0 saturated heterocycles. The first-order valence-corrected chi connectivity index (χ1v) is 9.09. The molecule has 2 heterocycles. The van der Waals surface area contributed by atoms with Gasteiger partial charge in [0.15, 0.2) is 0 Å². The van der Waals surface area contributed by atoms with E-state index in [0.29, 0.717) is 5.92 Å². The number of hydrogen-bond donors (Lipinski definition) is 0. The smallest absolute Gasteiger partial charge is 0.142 e. The van der Waals surface area contributed by atoms with Gasteiger partial charge in [0, 0.05) is 23.1 Å². The molecular formula is C23H23N3. The lowest BCUT2D eigenvalue weighted by atomic mass is 10.0. The molecule has 0 fully saturated rings. The van der Waals surface area contributed by atoms with Crippen LogP contribution in [0.2, 0.25) is 0 Å². The number of aromatic nitrogens is 1. The van der Waals surface area contributed by atoms with E-state index >= 15 is 0 Å². The maximum absolute atomic E-state index is 4.96. The molecule has 0 bridgehead atoms. The normalized spacial score (nSPS) is 13.5. The zero-order valence-corrected chi connectivity index (χ0v) is 15.5. The van der Waals surface area contributed by atoms with E-state index in [0.717, 1.165) is 35.0 Å². The molecule has 0 N–H and O–H groups in total. The number of anilines is 1. The molecule has 1 aliphatic rings. The van der Waals surface area contributed by atoms with E-state index in [4.69, 9.17) is 4.99 Å². The predicted molar refractivity (Wildman–Crippen MR) is 108 cm³/mol. The number of rotatable bonds is 3. The first kappa shape index (κ1) is 16.5. The first-order valence-electron chi connectivity index (χ1n) is 9.09. The number of nitrogens with zero attached hydrogens (tertiary/aromatic N) is 3. The van der Waals surface area contributed by atoms with E-state index in [2.05, 4.69) is 72.3 Å². The van der Waals surface area contributed by atoms with Crippen LogP contribution < -0.4 is 4.90 Å². The number of benzene rings is 2. The molecule has 0 aliphatic carbocycles. The van der Waals surface area contributed by atoms with Crippen LogP contribution >= 0.6 is 0 Å². The van der Waals surface area contributed by atoms with Crippen molar-refractivity contribution in [3.8, 4) is 0 Å². The maximum Gasteiger partial charge on any atom is 0.142 e. The highest BCUT2D eigenvalue weighted by Gasteiger charge is 2.22. The Labute approximate surface area is 155 Å². The third-order valence-corrected chi connectivity index (χ3v) is 4.84. The number of hydrogen-bond acceptors (Lipinski definition) is 3. The molecule has 130 valence electrons. The highest BCUT2D eigenvalue weighted by atomic mass is 15.2. The van der Waals surface area contributed by atoms with Crippen molar-refractivity contribution < 1.29 is 0 Å². The minimum absolute atomic E-state index is 0.528. The van der Waals surface area contributed by atoms with Gasteiger partial charge in [-0.1, -0.05) is 44.2 Å². The quantitative estimate of drug-likeness (QED) is 0.619. The fourth-order valence-electron chi connectivity index (χ4n) is 3.25. The van der Waals surface area contributed by atoms with Crippen molar-refractivity contribution in [2.24, 2.45) is 4.99 Å². The molecule has 0 unspecified atom stereocenters. The van der Waals surface area contributed by atoms with Crippen LogP contribution in [0.1, 0.15) is 42.1 Å². The van der Waals surface area contributed by atoms with Crippen LogP contribution in [-0.2, 0) is 6.54 Å². The molecule has 1 aliphatic heterocycles. The highest BCUT2D eigenvalue weighted by Crippen LogP contribution is 2.32. The summed E-state index contributed by atoms with van der Waals surface area (Å²) in [6, 6.07) is 21.3. The van der Waals surface area contributed by atoms with Crippen LogP contribution in [0.3, 0.4) is 0 Å². The molecule has 0 saturated carbocycles. The van der Waals surface area contributed by atoms with Crippen LogP contribution in [0.4, 0.5) is 11.4 Å². The lowest BCUT2D eigenvalue weighted by Crippen LogP contribution is -2.33. The zero-order chi connectivity index (χ0) is 18.1. The number of para-hydroxylation sites is 1. The average Bonchev–Trinajstić information content (AvgIpc) is 2.68. The summed E-state index contributed by atoms with van der Waals surface area (Å²) < 4.78 is 0. The van der Waals surface area contributed by atoms with E-state index in [1.807, 2.05) is 25.3 Å². The van der Waals surface area contributed by atoms with E-state index in [9.17, 15) is 0 Å². The molecule has 3 nitrogen and oxygen atoms in total. The summed E-state index contributed by atoms with van der Waals surface area (Å²) in [5, 5.41) is 0. The zero-order valence-electron chi connectivity index (χ0n) is 15.5. The third kappa shape index (κ3) is 3.13. The van der Waals surface area contributed by atoms with Crippen molar-refractivity contribution >= 4 is 17.2 Å². The van der Waals surface area contributed by atoms with Gasteiger partial charge in [0.1, 0.15) is 5.84 Å². The largest absolute Gasteiger partial charge is 0.321 e. The van der Waals surface area contributed by atoms with E-state index in [-0.39, 0.29) is 0 Å². The summed E-state index contributed by atoms with van der Waals surface area (Å²) in [6.07, 6.45) is 1.91. The van der Waals surface area contributed by atoms with Crippen molar-refractivity contribution in [2.75, 3.05) is 4.90 Å². The second kappa shape index (κ2) is 6.75. The summed E-state index contributed by atoms with van der Waals surface area (Å²) in [5.41, 5.74) is 6.84. The minimum Gasteiger partial charge on any atom is -0.321 e. The standard InChI is InChI=1S/C23H23N3/c1-16(2)18-10-12-21(13-11-18)26-15-20-6-4-5-7-22(20)25-23(26)19-9-8-17(3)24-14-19/h4-14,16H,15H2,1-3H3. The molecule has 26 heavy (non-hydrogen) atoms. The molecule has 0 amide bonds. The van der Waals surface area contributed by atoms with Gasteiger partial charge in [0.25, 0.3) is 0 Å². The molecule has 3 heteroatoms. The van der Waals surface area contributed by atoms with Gasteiger partial charge < -0.3 is 4.90 Å². The number of fused-ring (bicyclic) bond motifs is 1. The molecular weight excluding hydrogens is 318 g/mol. The average molecular weight is 341 g/mol. The van der Waals surface area contributed by atoms with Crippen LogP contribution in [-0.4, -0.2) is 10.8 Å². The Balaban J connectivity index is 1.80. The van der Waals surface area contributed by atoms with Crippen molar-refractivity contribution in [1.29, 1.82) is 0 Å². The fraction of sp³-hybridized carbons (Fsp3) is 0.217. The van der Waals surface area contributed by atoms with Gasteiger partial charge in [-0.15, -0.1) is 0 Å². The van der Waals surface area contributed by atoms with Crippen LogP contribution in [0.25, 0.3) is 0 Å². The molecule has 3 aromatic rings. The van der Waals surface area contributed by atoms with E-state index in [1.54, 1.807) is 0 Å². The van der Waals surface area contributed by atoms with Crippen molar-refractivity contribution in [3.63, 3.8) is 0 Å². The SMILES string of the molecule is Cc1ccc(C2=Nc3ccccc3CN2c2ccc(C(C)C)cc2)cn1. The van der Waals surface area contributed by atoms with Gasteiger partial charge in [-0.05, 0) is 54.3 Å². The Morgan fingerprint density at radius 1 is 0.923 bits per heavy atom. The molecule has 2 aromatic carbocycles. The van der Waals surface area contributed by atoms with Gasteiger partial charge >= 0.3 is 0 Å². The lowest BCUT2D eigenvalue weighted by molar-refractivity contribution is 0.865. The molecule has 1 aromatic heterocycles. The number of aliphatic imine (C=N–C) groups is 1. The van der Waals surface area contributed by atoms with Crippen molar-refractivity contribution in [2.45, 2.75) is 33.2 Å². The van der Waals surface area contributed by atoms with Gasteiger partial charge in [0.05, 0.1) is 12.2 Å². The van der Waals surface area contributed by atoms with Gasteiger partial charge in [-0.3, -0.25) is 4.98 Å². The number of amidine groups is 1. The Hall–Kier alpha value is -2.94. The molecule has 0 radical (unpaired) electrons. The number of pyridine rings is 1. The fourth-order valence-corrected chi connectivity index (χ4v) is 3.25. The second-order valence-corrected chi connectivity index (χ2v) is 7.08. The summed E-state index contributed by atoms with van der Waals surface area (Å²) in [5.74, 6) is 1.48. The molecule has 4 rings (SSSR count). The van der Waals surface area contributed by atoms with E-state index in [1.165, 1.54) is 11.1 Å². The Bertz CT molecular complexity index is 938. The molecule has 0 spiro atoms. The highest BCUT2D eigenvalue weighted by molar-refractivity contribution is 6.11. The Morgan fingerprint density at radius 2 is 1.69 bits per heavy atom. The Kier molecular flexibility index (Phi) is 4.29. The van der Waals surface area contributed by atoms with Gasteiger partial charge in [-0.2, -0.15) is 0 Å². The predicted octanol–water partition coefficient (Wildman–Crippen LogP) is 5.61. The van der Waals surface area contributed by atoms with Gasteiger partial charge in [0.2, 0.25) is 0 Å². The van der Waals surface area contributed by atoms with Gasteiger partial charge in [-0.25, -0.2) is 4.99 Å². The molecule has 0 atom stereocenters. The lowest BCUT2D eigenvalue weighted by Gasteiger charge is -2.31. The summed E-state index contributed by atoms with van der Waals surface area (Å²) >= 11 is 0. The van der Waals surface area contributed by atoms with Crippen LogP contribution in [0, 0.1) is 6.92 Å².